The molecule has 0 bridgehead atoms. The fraction of sp³-hybridized carbons (Fsp3) is 0.625. The minimum Gasteiger partial charge on any atom is -0.399 e. The molecule has 1 aromatic rings. The average Bonchev–Trinajstić information content (AvgIpc) is 2.85. The minimum absolute atomic E-state index is 0.562. The van der Waals surface area contributed by atoms with E-state index in [9.17, 15) is 0 Å². The Morgan fingerprint density at radius 3 is 2.25 bits per heavy atom. The number of nitrogens with zero attached hydrogens (tertiary/aromatic N) is 1. The molecule has 0 aromatic heterocycles. The fourth-order valence-electron chi connectivity index (χ4n) is 2.95. The standard InChI is InChI=1S/C16H24Cl2N2/c1-11(2)7-8-20(13-5-3-4-6-13)16-14(17)9-12(19)10-15(16)18/h9-11,13H,3-8,19H2,1-2H3. The van der Waals surface area contributed by atoms with Gasteiger partial charge < -0.3 is 10.6 Å². The molecular formula is C16H24Cl2N2. The first-order valence-electron chi connectivity index (χ1n) is 7.50. The Balaban J connectivity index is 2.29. The third-order valence-electron chi connectivity index (χ3n) is 4.04. The van der Waals surface area contributed by atoms with Crippen LogP contribution in [-0.2, 0) is 0 Å². The third kappa shape index (κ3) is 3.73. The van der Waals surface area contributed by atoms with Crippen molar-refractivity contribution in [2.24, 2.45) is 5.92 Å². The Bertz CT molecular complexity index is 431. The summed E-state index contributed by atoms with van der Waals surface area (Å²) in [7, 11) is 0. The largest absolute Gasteiger partial charge is 0.399 e. The number of nitrogen functional groups attached to an aromatic ring is 1. The number of rotatable bonds is 5. The predicted octanol–water partition coefficient (Wildman–Crippen LogP) is 5.37. The van der Waals surface area contributed by atoms with Gasteiger partial charge in [-0.15, -0.1) is 0 Å². The van der Waals surface area contributed by atoms with Gasteiger partial charge >= 0.3 is 0 Å². The normalized spacial score (nSPS) is 16.1. The predicted molar refractivity (Wildman–Crippen MR) is 89.9 cm³/mol. The van der Waals surface area contributed by atoms with E-state index in [0.29, 0.717) is 27.7 Å². The molecule has 1 aromatic carbocycles. The summed E-state index contributed by atoms with van der Waals surface area (Å²) >= 11 is 12.8. The SMILES string of the molecule is CC(C)CCN(c1c(Cl)cc(N)cc1Cl)C1CCCC1. The van der Waals surface area contributed by atoms with Crippen molar-refractivity contribution in [2.75, 3.05) is 17.2 Å². The van der Waals surface area contributed by atoms with Crippen molar-refractivity contribution in [3.8, 4) is 0 Å². The molecule has 112 valence electrons. The van der Waals surface area contributed by atoms with E-state index < -0.39 is 0 Å². The van der Waals surface area contributed by atoms with E-state index >= 15 is 0 Å². The monoisotopic (exact) mass is 314 g/mol. The van der Waals surface area contributed by atoms with Gasteiger partial charge in [-0.2, -0.15) is 0 Å². The van der Waals surface area contributed by atoms with Gasteiger partial charge in [0.25, 0.3) is 0 Å². The Morgan fingerprint density at radius 2 is 1.75 bits per heavy atom. The first kappa shape index (κ1) is 15.8. The van der Waals surface area contributed by atoms with Crippen LogP contribution in [0, 0.1) is 5.92 Å². The summed E-state index contributed by atoms with van der Waals surface area (Å²) in [6.45, 7) is 5.50. The minimum atomic E-state index is 0.562. The van der Waals surface area contributed by atoms with Crippen molar-refractivity contribution < 1.29 is 0 Å². The molecule has 1 fully saturated rings. The van der Waals surface area contributed by atoms with E-state index in [0.717, 1.165) is 18.7 Å². The summed E-state index contributed by atoms with van der Waals surface area (Å²) in [6.07, 6.45) is 6.21. The van der Waals surface area contributed by atoms with Gasteiger partial charge in [0.1, 0.15) is 0 Å². The van der Waals surface area contributed by atoms with Crippen LogP contribution in [0.4, 0.5) is 11.4 Å². The van der Waals surface area contributed by atoms with Crippen LogP contribution in [-0.4, -0.2) is 12.6 Å². The van der Waals surface area contributed by atoms with Crippen LogP contribution in [0.1, 0.15) is 46.0 Å². The molecule has 0 spiro atoms. The van der Waals surface area contributed by atoms with Gasteiger partial charge in [-0.1, -0.05) is 49.9 Å². The third-order valence-corrected chi connectivity index (χ3v) is 4.62. The summed E-state index contributed by atoms with van der Waals surface area (Å²) in [6, 6.07) is 4.17. The van der Waals surface area contributed by atoms with Crippen molar-refractivity contribution in [1.82, 2.24) is 0 Å². The summed E-state index contributed by atoms with van der Waals surface area (Å²) in [5, 5.41) is 1.34. The molecular weight excluding hydrogens is 291 g/mol. The molecule has 2 nitrogen and oxygen atoms in total. The van der Waals surface area contributed by atoms with Crippen molar-refractivity contribution in [2.45, 2.75) is 52.0 Å². The van der Waals surface area contributed by atoms with E-state index in [1.165, 1.54) is 25.7 Å². The Morgan fingerprint density at radius 1 is 1.20 bits per heavy atom. The lowest BCUT2D eigenvalue weighted by Crippen LogP contribution is -2.35. The van der Waals surface area contributed by atoms with Gasteiger partial charge in [-0.25, -0.2) is 0 Å². The molecule has 20 heavy (non-hydrogen) atoms. The first-order chi connectivity index (χ1) is 9.49. The topological polar surface area (TPSA) is 29.3 Å². The maximum Gasteiger partial charge on any atom is 0.0749 e. The van der Waals surface area contributed by atoms with Gasteiger partial charge in [0.2, 0.25) is 0 Å². The molecule has 0 atom stereocenters. The Labute approximate surface area is 132 Å². The second-order valence-electron chi connectivity index (χ2n) is 6.15. The number of benzene rings is 1. The molecule has 1 aliphatic rings. The van der Waals surface area contributed by atoms with E-state index in [2.05, 4.69) is 18.7 Å². The molecule has 4 heteroatoms. The molecule has 2 rings (SSSR count). The zero-order valence-corrected chi connectivity index (χ0v) is 13.8. The van der Waals surface area contributed by atoms with Crippen molar-refractivity contribution in [1.29, 1.82) is 0 Å². The van der Waals surface area contributed by atoms with E-state index in [1.54, 1.807) is 12.1 Å². The second kappa shape index (κ2) is 6.91. The van der Waals surface area contributed by atoms with Crippen molar-refractivity contribution in [3.63, 3.8) is 0 Å². The quantitative estimate of drug-likeness (QED) is 0.740. The summed E-state index contributed by atoms with van der Waals surface area (Å²) < 4.78 is 0. The Hall–Kier alpha value is -0.600. The molecule has 0 radical (unpaired) electrons. The smallest absolute Gasteiger partial charge is 0.0749 e. The van der Waals surface area contributed by atoms with Crippen LogP contribution >= 0.6 is 23.2 Å². The van der Waals surface area contributed by atoms with Gasteiger partial charge in [0, 0.05) is 18.3 Å². The number of nitrogens with two attached hydrogens (primary N) is 1. The van der Waals surface area contributed by atoms with Crippen LogP contribution in [0.25, 0.3) is 0 Å². The number of hydrogen-bond acceptors (Lipinski definition) is 2. The molecule has 0 heterocycles. The lowest BCUT2D eigenvalue weighted by atomic mass is 10.1. The molecule has 0 amide bonds. The van der Waals surface area contributed by atoms with Gasteiger partial charge in [0.05, 0.1) is 15.7 Å². The highest BCUT2D eigenvalue weighted by Crippen LogP contribution is 2.39. The molecule has 1 aliphatic carbocycles. The fourth-order valence-corrected chi connectivity index (χ4v) is 3.67. The van der Waals surface area contributed by atoms with Gasteiger partial charge in [-0.05, 0) is 37.3 Å². The van der Waals surface area contributed by atoms with E-state index in [-0.39, 0.29) is 0 Å². The van der Waals surface area contributed by atoms with Crippen LogP contribution in [0.2, 0.25) is 10.0 Å². The van der Waals surface area contributed by atoms with E-state index in [4.69, 9.17) is 28.9 Å². The first-order valence-corrected chi connectivity index (χ1v) is 8.25. The number of halogens is 2. The van der Waals surface area contributed by atoms with Crippen LogP contribution in [0.3, 0.4) is 0 Å². The summed E-state index contributed by atoms with van der Waals surface area (Å²) in [5.41, 5.74) is 7.41. The highest BCUT2D eigenvalue weighted by molar-refractivity contribution is 6.39. The van der Waals surface area contributed by atoms with Gasteiger partial charge in [-0.3, -0.25) is 0 Å². The van der Waals surface area contributed by atoms with Gasteiger partial charge in [0.15, 0.2) is 0 Å². The molecule has 0 saturated heterocycles. The number of anilines is 2. The van der Waals surface area contributed by atoms with Crippen LogP contribution < -0.4 is 10.6 Å². The van der Waals surface area contributed by atoms with E-state index in [1.807, 2.05) is 0 Å². The Kier molecular flexibility index (Phi) is 5.45. The highest BCUT2D eigenvalue weighted by Gasteiger charge is 2.26. The van der Waals surface area contributed by atoms with Crippen molar-refractivity contribution in [3.05, 3.63) is 22.2 Å². The maximum atomic E-state index is 6.42. The second-order valence-corrected chi connectivity index (χ2v) is 6.96. The molecule has 0 aliphatic heterocycles. The summed E-state index contributed by atoms with van der Waals surface area (Å²) in [5.74, 6) is 0.672. The van der Waals surface area contributed by atoms with Crippen molar-refractivity contribution >= 4 is 34.6 Å². The van der Waals surface area contributed by atoms with Crippen LogP contribution in [0.5, 0.6) is 0 Å². The number of hydrogen-bond donors (Lipinski definition) is 1. The summed E-state index contributed by atoms with van der Waals surface area (Å²) in [4.78, 5) is 2.41. The zero-order chi connectivity index (χ0) is 14.7. The van der Waals surface area contributed by atoms with Crippen LogP contribution in [0.15, 0.2) is 12.1 Å². The average molecular weight is 315 g/mol. The molecule has 0 unspecified atom stereocenters. The lowest BCUT2D eigenvalue weighted by molar-refractivity contribution is 0.528. The molecule has 2 N–H and O–H groups in total. The zero-order valence-electron chi connectivity index (χ0n) is 12.3. The lowest BCUT2D eigenvalue weighted by Gasteiger charge is -2.33. The maximum absolute atomic E-state index is 6.42. The highest BCUT2D eigenvalue weighted by atomic mass is 35.5. The molecule has 1 saturated carbocycles.